The first-order valence-corrected chi connectivity index (χ1v) is 8.02. The minimum atomic E-state index is -0.856. The summed E-state index contributed by atoms with van der Waals surface area (Å²) < 4.78 is 5.28. The van der Waals surface area contributed by atoms with Crippen LogP contribution in [-0.2, 0) is 9.53 Å². The molecule has 0 spiro atoms. The average Bonchev–Trinajstić information content (AvgIpc) is 2.57. The lowest BCUT2D eigenvalue weighted by Crippen LogP contribution is -2.37. The Morgan fingerprint density at radius 2 is 1.62 bits per heavy atom. The van der Waals surface area contributed by atoms with Crippen LogP contribution >= 0.6 is 0 Å². The van der Waals surface area contributed by atoms with Gasteiger partial charge in [-0.3, -0.25) is 4.79 Å². The van der Waals surface area contributed by atoms with Gasteiger partial charge in [-0.15, -0.1) is 0 Å². The molecule has 2 aromatic carbocycles. The summed E-state index contributed by atoms with van der Waals surface area (Å²) in [6.45, 7) is 7.38. The number of carbonyl (C=O) groups excluding carboxylic acids is 2. The van der Waals surface area contributed by atoms with Crippen molar-refractivity contribution in [3.63, 3.8) is 0 Å². The molecule has 0 bridgehead atoms. The van der Waals surface area contributed by atoms with Gasteiger partial charge in [0.25, 0.3) is 5.91 Å². The maximum atomic E-state index is 12.2. The van der Waals surface area contributed by atoms with Gasteiger partial charge in [0.2, 0.25) is 0 Å². The number of ether oxygens (including phenoxy) is 1. The predicted molar refractivity (Wildman–Crippen MR) is 93.8 cm³/mol. The number of hydrogen-bond acceptors (Lipinski definition) is 3. The topological polar surface area (TPSA) is 55.4 Å². The van der Waals surface area contributed by atoms with E-state index in [0.717, 1.165) is 16.7 Å². The van der Waals surface area contributed by atoms with Crippen LogP contribution in [0.2, 0.25) is 0 Å². The van der Waals surface area contributed by atoms with Crippen molar-refractivity contribution in [1.29, 1.82) is 0 Å². The Labute approximate surface area is 142 Å². The molecule has 0 aliphatic carbocycles. The van der Waals surface area contributed by atoms with E-state index >= 15 is 0 Å². The summed E-state index contributed by atoms with van der Waals surface area (Å²) in [5, 5.41) is 2.86. The number of hydrogen-bond donors (Lipinski definition) is 1. The number of carbonyl (C=O) groups is 2. The van der Waals surface area contributed by atoms with Crippen molar-refractivity contribution >= 4 is 11.9 Å². The zero-order valence-corrected chi connectivity index (χ0v) is 14.5. The molecule has 0 fully saturated rings. The molecule has 24 heavy (non-hydrogen) atoms. The minimum absolute atomic E-state index is 0.151. The Morgan fingerprint density at radius 1 is 0.958 bits per heavy atom. The molecule has 2 atom stereocenters. The largest absolute Gasteiger partial charge is 0.449 e. The van der Waals surface area contributed by atoms with Gasteiger partial charge in [-0.1, -0.05) is 36.4 Å². The van der Waals surface area contributed by atoms with E-state index in [9.17, 15) is 9.59 Å². The molecular weight excluding hydrogens is 302 g/mol. The molecule has 2 aromatic rings. The van der Waals surface area contributed by atoms with Gasteiger partial charge in [0, 0.05) is 0 Å². The van der Waals surface area contributed by atoms with E-state index in [0.29, 0.717) is 5.56 Å². The predicted octanol–water partition coefficient (Wildman–Crippen LogP) is 3.73. The number of nitrogens with one attached hydrogen (secondary N) is 1. The van der Waals surface area contributed by atoms with Crippen LogP contribution in [0.25, 0.3) is 0 Å². The fourth-order valence-corrected chi connectivity index (χ4v) is 2.31. The normalized spacial score (nSPS) is 13.0. The lowest BCUT2D eigenvalue weighted by molar-refractivity contribution is -0.129. The second-order valence-corrected chi connectivity index (χ2v) is 5.99. The Bertz CT molecular complexity index is 725. The number of aryl methyl sites for hydroxylation is 2. The highest BCUT2D eigenvalue weighted by atomic mass is 16.5. The molecule has 4 nitrogen and oxygen atoms in total. The third-order valence-electron chi connectivity index (χ3n) is 4.05. The highest BCUT2D eigenvalue weighted by Gasteiger charge is 2.21. The van der Waals surface area contributed by atoms with E-state index in [4.69, 9.17) is 4.74 Å². The number of amides is 1. The van der Waals surface area contributed by atoms with Gasteiger partial charge in [-0.2, -0.15) is 0 Å². The van der Waals surface area contributed by atoms with Gasteiger partial charge in [-0.05, 0) is 56.5 Å². The third kappa shape index (κ3) is 4.44. The van der Waals surface area contributed by atoms with E-state index in [-0.39, 0.29) is 11.9 Å². The monoisotopic (exact) mass is 325 g/mol. The molecule has 4 heteroatoms. The quantitative estimate of drug-likeness (QED) is 0.852. The van der Waals surface area contributed by atoms with Gasteiger partial charge in [0.15, 0.2) is 6.10 Å². The lowest BCUT2D eigenvalue weighted by atomic mass is 10.1. The molecule has 126 valence electrons. The van der Waals surface area contributed by atoms with Gasteiger partial charge in [-0.25, -0.2) is 4.79 Å². The first-order chi connectivity index (χ1) is 11.4. The summed E-state index contributed by atoms with van der Waals surface area (Å²) in [4.78, 5) is 24.4. The van der Waals surface area contributed by atoms with Crippen molar-refractivity contribution in [3.05, 3.63) is 70.8 Å². The van der Waals surface area contributed by atoms with Crippen molar-refractivity contribution in [1.82, 2.24) is 5.32 Å². The molecule has 2 rings (SSSR count). The smallest absolute Gasteiger partial charge is 0.338 e. The average molecular weight is 325 g/mol. The van der Waals surface area contributed by atoms with E-state index in [1.807, 2.05) is 57.2 Å². The SMILES string of the molecule is Cc1ccc(C(=O)OC(C)C(=O)NC(C)c2ccccc2)cc1C. The lowest BCUT2D eigenvalue weighted by Gasteiger charge is -2.18. The molecule has 1 N–H and O–H groups in total. The van der Waals surface area contributed by atoms with Gasteiger partial charge in [0.05, 0.1) is 11.6 Å². The van der Waals surface area contributed by atoms with Crippen LogP contribution in [0.4, 0.5) is 0 Å². The van der Waals surface area contributed by atoms with Gasteiger partial charge in [0.1, 0.15) is 0 Å². The van der Waals surface area contributed by atoms with Gasteiger partial charge < -0.3 is 10.1 Å². The molecule has 0 heterocycles. The number of benzene rings is 2. The van der Waals surface area contributed by atoms with Crippen LogP contribution in [0.1, 0.15) is 46.9 Å². The van der Waals surface area contributed by atoms with Crippen LogP contribution in [0.3, 0.4) is 0 Å². The highest BCUT2D eigenvalue weighted by molar-refractivity contribution is 5.92. The zero-order chi connectivity index (χ0) is 17.7. The van der Waals surface area contributed by atoms with Crippen molar-refractivity contribution < 1.29 is 14.3 Å². The first-order valence-electron chi connectivity index (χ1n) is 8.02. The molecule has 0 radical (unpaired) electrons. The summed E-state index contributed by atoms with van der Waals surface area (Å²) in [5.74, 6) is -0.809. The van der Waals surface area contributed by atoms with Crippen LogP contribution in [0.15, 0.2) is 48.5 Å². The van der Waals surface area contributed by atoms with Crippen molar-refractivity contribution in [3.8, 4) is 0 Å². The van der Waals surface area contributed by atoms with E-state index in [1.54, 1.807) is 19.1 Å². The Morgan fingerprint density at radius 3 is 2.25 bits per heavy atom. The Kier molecular flexibility index (Phi) is 5.74. The fourth-order valence-electron chi connectivity index (χ4n) is 2.31. The second-order valence-electron chi connectivity index (χ2n) is 5.99. The molecular formula is C20H23NO3. The summed E-state index contributed by atoms with van der Waals surface area (Å²) in [6, 6.07) is 14.8. The van der Waals surface area contributed by atoms with Crippen molar-refractivity contribution in [2.45, 2.75) is 39.8 Å². The molecule has 0 aliphatic heterocycles. The zero-order valence-electron chi connectivity index (χ0n) is 14.5. The Balaban J connectivity index is 1.95. The maximum absolute atomic E-state index is 12.2. The van der Waals surface area contributed by atoms with Crippen LogP contribution < -0.4 is 5.32 Å². The highest BCUT2D eigenvalue weighted by Crippen LogP contribution is 2.14. The number of rotatable bonds is 5. The van der Waals surface area contributed by atoms with Gasteiger partial charge >= 0.3 is 5.97 Å². The Hall–Kier alpha value is -2.62. The molecule has 0 aromatic heterocycles. The summed E-state index contributed by atoms with van der Waals surface area (Å²) >= 11 is 0. The van der Waals surface area contributed by atoms with Crippen molar-refractivity contribution in [2.75, 3.05) is 0 Å². The van der Waals surface area contributed by atoms with E-state index in [2.05, 4.69) is 5.32 Å². The summed E-state index contributed by atoms with van der Waals surface area (Å²) in [5.41, 5.74) is 3.57. The van der Waals surface area contributed by atoms with Crippen LogP contribution in [0.5, 0.6) is 0 Å². The van der Waals surface area contributed by atoms with Crippen molar-refractivity contribution in [2.24, 2.45) is 0 Å². The third-order valence-corrected chi connectivity index (χ3v) is 4.05. The second kappa shape index (κ2) is 7.77. The van der Waals surface area contributed by atoms with Crippen LogP contribution in [0, 0.1) is 13.8 Å². The fraction of sp³-hybridized carbons (Fsp3) is 0.300. The summed E-state index contributed by atoms with van der Waals surface area (Å²) in [6.07, 6.45) is -0.856. The minimum Gasteiger partial charge on any atom is -0.449 e. The molecule has 0 saturated heterocycles. The summed E-state index contributed by atoms with van der Waals surface area (Å²) in [7, 11) is 0. The molecule has 0 saturated carbocycles. The molecule has 2 unspecified atom stereocenters. The maximum Gasteiger partial charge on any atom is 0.338 e. The number of esters is 1. The molecule has 0 aliphatic rings. The van der Waals surface area contributed by atoms with E-state index < -0.39 is 12.1 Å². The molecule has 1 amide bonds. The standard InChI is InChI=1S/C20H23NO3/c1-13-10-11-18(12-14(13)2)20(23)24-16(4)19(22)21-15(3)17-8-6-5-7-9-17/h5-12,15-16H,1-4H3,(H,21,22). The van der Waals surface area contributed by atoms with E-state index in [1.165, 1.54) is 0 Å². The first kappa shape index (κ1) is 17.7. The van der Waals surface area contributed by atoms with Crippen LogP contribution in [-0.4, -0.2) is 18.0 Å².